The second kappa shape index (κ2) is 5.63. The third kappa shape index (κ3) is 2.98. The minimum atomic E-state index is -0.803. The van der Waals surface area contributed by atoms with Gasteiger partial charge in [0.05, 0.1) is 0 Å². The lowest BCUT2D eigenvalue weighted by Gasteiger charge is -2.12. The van der Waals surface area contributed by atoms with Gasteiger partial charge in [-0.25, -0.2) is 4.39 Å². The molecule has 1 N–H and O–H groups in total. The number of hydrogen-bond donors (Lipinski definition) is 1. The average molecular weight is 309 g/mol. The first-order valence-electron chi connectivity index (χ1n) is 5.83. The molecule has 1 nitrogen and oxygen atoms in total. The Morgan fingerprint density at radius 3 is 2.33 bits per heavy atom. The van der Waals surface area contributed by atoms with E-state index in [1.54, 1.807) is 6.07 Å². The van der Waals surface area contributed by atoms with Crippen molar-refractivity contribution >= 4 is 15.9 Å². The van der Waals surface area contributed by atoms with Gasteiger partial charge in [-0.15, -0.1) is 0 Å². The Hall–Kier alpha value is -1.19. The van der Waals surface area contributed by atoms with Crippen LogP contribution in [0.4, 0.5) is 4.39 Å². The van der Waals surface area contributed by atoms with Gasteiger partial charge in [0.15, 0.2) is 0 Å². The van der Waals surface area contributed by atoms with Crippen LogP contribution < -0.4 is 0 Å². The summed E-state index contributed by atoms with van der Waals surface area (Å²) in [7, 11) is 0. The van der Waals surface area contributed by atoms with E-state index in [4.69, 9.17) is 0 Å². The highest BCUT2D eigenvalue weighted by Gasteiger charge is 2.12. The Bertz CT molecular complexity index is 516. The summed E-state index contributed by atoms with van der Waals surface area (Å²) < 4.78 is 13.9. The third-order valence-corrected chi connectivity index (χ3v) is 3.36. The molecule has 0 aliphatic carbocycles. The van der Waals surface area contributed by atoms with Gasteiger partial charge in [-0.1, -0.05) is 47.1 Å². The van der Waals surface area contributed by atoms with Gasteiger partial charge >= 0.3 is 0 Å². The summed E-state index contributed by atoms with van der Waals surface area (Å²) >= 11 is 3.23. The van der Waals surface area contributed by atoms with E-state index in [2.05, 4.69) is 22.9 Å². The lowest BCUT2D eigenvalue weighted by molar-refractivity contribution is 0.219. The maximum Gasteiger partial charge on any atom is 0.124 e. The van der Waals surface area contributed by atoms with Gasteiger partial charge in [0.1, 0.15) is 11.9 Å². The van der Waals surface area contributed by atoms with Crippen molar-refractivity contribution in [3.63, 3.8) is 0 Å². The highest BCUT2D eigenvalue weighted by Crippen LogP contribution is 2.25. The van der Waals surface area contributed by atoms with Gasteiger partial charge in [-0.2, -0.15) is 0 Å². The zero-order chi connectivity index (χ0) is 13.1. The van der Waals surface area contributed by atoms with E-state index >= 15 is 0 Å². The zero-order valence-corrected chi connectivity index (χ0v) is 11.6. The van der Waals surface area contributed by atoms with E-state index in [1.807, 2.05) is 24.3 Å². The smallest absolute Gasteiger partial charge is 0.124 e. The molecule has 0 saturated carbocycles. The van der Waals surface area contributed by atoms with Gasteiger partial charge in [-0.3, -0.25) is 0 Å². The maximum atomic E-state index is 13.3. The second-order valence-corrected chi connectivity index (χ2v) is 5.12. The molecule has 1 unspecified atom stereocenters. The minimum absolute atomic E-state index is 0.358. The Balaban J connectivity index is 2.31. The number of aryl methyl sites for hydroxylation is 1. The molecule has 3 heteroatoms. The van der Waals surface area contributed by atoms with Crippen LogP contribution in [0.5, 0.6) is 0 Å². The Kier molecular flexibility index (Phi) is 4.15. The molecule has 2 rings (SSSR count). The molecule has 0 aliphatic rings. The summed E-state index contributed by atoms with van der Waals surface area (Å²) in [5.74, 6) is -0.358. The molecule has 0 aromatic heterocycles. The summed E-state index contributed by atoms with van der Waals surface area (Å²) in [4.78, 5) is 0. The van der Waals surface area contributed by atoms with Crippen LogP contribution in [0, 0.1) is 5.82 Å². The highest BCUT2D eigenvalue weighted by atomic mass is 79.9. The highest BCUT2D eigenvalue weighted by molar-refractivity contribution is 9.10. The molecular formula is C15H14BrFO. The quantitative estimate of drug-likeness (QED) is 0.899. The van der Waals surface area contributed by atoms with E-state index in [-0.39, 0.29) is 5.82 Å². The van der Waals surface area contributed by atoms with Crippen LogP contribution in [0.2, 0.25) is 0 Å². The van der Waals surface area contributed by atoms with Crippen molar-refractivity contribution in [1.29, 1.82) is 0 Å². The van der Waals surface area contributed by atoms with Gasteiger partial charge in [0.2, 0.25) is 0 Å². The fourth-order valence-electron chi connectivity index (χ4n) is 1.86. The molecule has 2 aromatic carbocycles. The predicted octanol–water partition coefficient (Wildman–Crippen LogP) is 4.23. The van der Waals surface area contributed by atoms with Gasteiger partial charge in [0, 0.05) is 4.47 Å². The van der Waals surface area contributed by atoms with Crippen LogP contribution in [0.1, 0.15) is 29.7 Å². The topological polar surface area (TPSA) is 20.2 Å². The number of hydrogen-bond acceptors (Lipinski definition) is 1. The minimum Gasteiger partial charge on any atom is -0.384 e. The summed E-state index contributed by atoms with van der Waals surface area (Å²) in [6.45, 7) is 2.08. The van der Waals surface area contributed by atoms with Gasteiger partial charge in [-0.05, 0) is 41.3 Å². The molecule has 0 bridgehead atoms. The van der Waals surface area contributed by atoms with Crippen LogP contribution in [0.25, 0.3) is 0 Å². The lowest BCUT2D eigenvalue weighted by Crippen LogP contribution is -2.00. The number of halogens is 2. The second-order valence-electron chi connectivity index (χ2n) is 4.20. The van der Waals surface area contributed by atoms with E-state index in [9.17, 15) is 9.50 Å². The van der Waals surface area contributed by atoms with Crippen LogP contribution in [0.3, 0.4) is 0 Å². The maximum absolute atomic E-state index is 13.3. The molecule has 0 heterocycles. The SMILES string of the molecule is CCc1ccc(C(O)c2cc(F)cc(Br)c2)cc1. The van der Waals surface area contributed by atoms with Crippen molar-refractivity contribution in [3.8, 4) is 0 Å². The number of aliphatic hydroxyl groups is 1. The van der Waals surface area contributed by atoms with Crippen LogP contribution >= 0.6 is 15.9 Å². The molecule has 1 atom stereocenters. The van der Waals surface area contributed by atoms with E-state index < -0.39 is 6.10 Å². The fraction of sp³-hybridized carbons (Fsp3) is 0.200. The lowest BCUT2D eigenvalue weighted by atomic mass is 10.00. The molecule has 2 aromatic rings. The number of aliphatic hydroxyl groups excluding tert-OH is 1. The molecule has 0 fully saturated rings. The van der Waals surface area contributed by atoms with Crippen molar-refractivity contribution in [3.05, 3.63) is 69.4 Å². The molecule has 0 spiro atoms. The van der Waals surface area contributed by atoms with Crippen molar-refractivity contribution in [2.24, 2.45) is 0 Å². The predicted molar refractivity (Wildman–Crippen MR) is 74.0 cm³/mol. The van der Waals surface area contributed by atoms with E-state index in [0.717, 1.165) is 12.0 Å². The zero-order valence-electron chi connectivity index (χ0n) is 10.0. The largest absolute Gasteiger partial charge is 0.384 e. The van der Waals surface area contributed by atoms with Crippen LogP contribution in [-0.4, -0.2) is 5.11 Å². The first kappa shape index (κ1) is 13.2. The van der Waals surface area contributed by atoms with E-state index in [0.29, 0.717) is 10.0 Å². The molecule has 0 amide bonds. The fourth-order valence-corrected chi connectivity index (χ4v) is 2.34. The molecule has 0 radical (unpaired) electrons. The summed E-state index contributed by atoms with van der Waals surface area (Å²) in [6, 6.07) is 12.2. The van der Waals surface area contributed by atoms with Gasteiger partial charge in [0.25, 0.3) is 0 Å². The normalized spacial score (nSPS) is 12.4. The molecule has 18 heavy (non-hydrogen) atoms. The van der Waals surface area contributed by atoms with E-state index in [1.165, 1.54) is 17.7 Å². The van der Waals surface area contributed by atoms with Crippen molar-refractivity contribution in [1.82, 2.24) is 0 Å². The van der Waals surface area contributed by atoms with Crippen molar-refractivity contribution in [2.45, 2.75) is 19.4 Å². The van der Waals surface area contributed by atoms with Crippen LogP contribution in [-0.2, 0) is 6.42 Å². The first-order valence-corrected chi connectivity index (χ1v) is 6.62. The Morgan fingerprint density at radius 1 is 1.11 bits per heavy atom. The summed E-state index contributed by atoms with van der Waals surface area (Å²) in [6.07, 6.45) is 0.157. The third-order valence-electron chi connectivity index (χ3n) is 2.90. The summed E-state index contributed by atoms with van der Waals surface area (Å²) in [5, 5.41) is 10.2. The van der Waals surface area contributed by atoms with Crippen molar-refractivity contribution < 1.29 is 9.50 Å². The molecule has 0 saturated heterocycles. The standard InChI is InChI=1S/C15H14BrFO/c1-2-10-3-5-11(6-4-10)15(18)12-7-13(16)9-14(17)8-12/h3-9,15,18H,2H2,1H3. The molecule has 94 valence electrons. The Morgan fingerprint density at radius 2 is 1.78 bits per heavy atom. The number of benzene rings is 2. The molecule has 0 aliphatic heterocycles. The first-order chi connectivity index (χ1) is 8.60. The summed E-state index contributed by atoms with van der Waals surface area (Å²) in [5.41, 5.74) is 2.53. The Labute approximate surface area is 114 Å². The molecular weight excluding hydrogens is 295 g/mol. The van der Waals surface area contributed by atoms with Crippen molar-refractivity contribution in [2.75, 3.05) is 0 Å². The monoisotopic (exact) mass is 308 g/mol. The average Bonchev–Trinajstić information content (AvgIpc) is 2.37. The van der Waals surface area contributed by atoms with Crippen LogP contribution in [0.15, 0.2) is 46.9 Å². The number of rotatable bonds is 3. The van der Waals surface area contributed by atoms with Gasteiger partial charge < -0.3 is 5.11 Å².